The molecule has 0 spiro atoms. The van der Waals surface area contributed by atoms with Gasteiger partial charge in [0.1, 0.15) is 34.1 Å². The molecule has 2 aliphatic rings. The number of fused-ring (bicyclic) bond motifs is 4. The van der Waals surface area contributed by atoms with E-state index < -0.39 is 0 Å². The van der Waals surface area contributed by atoms with Crippen molar-refractivity contribution >= 4 is 68.2 Å². The highest BCUT2D eigenvalue weighted by molar-refractivity contribution is 5.91. The van der Waals surface area contributed by atoms with Gasteiger partial charge < -0.3 is 0 Å². The number of benzene rings is 7. The number of anilines is 6. The minimum atomic E-state index is 1.16. The largest absolute Gasteiger partial charge is 0.300 e. The van der Waals surface area contributed by atoms with E-state index in [2.05, 4.69) is 192 Å². The van der Waals surface area contributed by atoms with Crippen molar-refractivity contribution in [1.82, 2.24) is 0 Å². The van der Waals surface area contributed by atoms with Crippen molar-refractivity contribution in [3.05, 3.63) is 182 Å². The molecule has 9 rings (SSSR count). The van der Waals surface area contributed by atoms with Crippen molar-refractivity contribution in [1.29, 1.82) is 0 Å². The fourth-order valence-electron chi connectivity index (χ4n) is 7.21. The fourth-order valence-corrected chi connectivity index (χ4v) is 7.21. The van der Waals surface area contributed by atoms with E-state index in [4.69, 9.17) is 0 Å². The summed E-state index contributed by atoms with van der Waals surface area (Å²) in [6, 6.07) is 65.6. The number of nitrogens with one attached hydrogen (secondary N) is 2. The van der Waals surface area contributed by atoms with Gasteiger partial charge in [-0.25, -0.2) is 9.80 Å². The average Bonchev–Trinajstić information content (AvgIpc) is 3.13. The Morgan fingerprint density at radius 3 is 0.826 bits per heavy atom. The molecule has 7 aromatic carbocycles. The maximum Gasteiger partial charge on any atom is 0.165 e. The Morgan fingerprint density at radius 1 is 0.261 bits per heavy atom. The van der Waals surface area contributed by atoms with E-state index in [1.54, 1.807) is 0 Å². The highest BCUT2D eigenvalue weighted by Gasteiger charge is 2.37. The number of para-hydroxylation sites is 10. The first-order valence-electron chi connectivity index (χ1n) is 15.8. The highest BCUT2D eigenvalue weighted by Crippen LogP contribution is 2.46. The molecule has 2 N–H and O–H groups in total. The molecule has 2 heterocycles. The third kappa shape index (κ3) is 4.16. The third-order valence-electron chi connectivity index (χ3n) is 9.15. The highest BCUT2D eigenvalue weighted by atomic mass is 15.3. The van der Waals surface area contributed by atoms with Gasteiger partial charge in [0.2, 0.25) is 0 Å². The minimum absolute atomic E-state index is 1.16. The number of nitrogens with zero attached hydrogens (tertiary/aromatic N) is 2. The van der Waals surface area contributed by atoms with Crippen molar-refractivity contribution in [2.75, 3.05) is 9.80 Å². The zero-order valence-corrected chi connectivity index (χ0v) is 25.2. The van der Waals surface area contributed by atoms with E-state index >= 15 is 0 Å². The molecule has 0 aliphatic carbocycles. The Morgan fingerprint density at radius 2 is 0.522 bits per heavy atom. The number of hydrogen-bond donors (Lipinski definition) is 2. The van der Waals surface area contributed by atoms with E-state index in [-0.39, 0.29) is 0 Å². The van der Waals surface area contributed by atoms with Crippen LogP contribution in [0.25, 0.3) is 0 Å². The summed E-state index contributed by atoms with van der Waals surface area (Å²) in [6.07, 6.45) is 0. The molecule has 46 heavy (non-hydrogen) atoms. The molecule has 218 valence electrons. The molecule has 0 radical (unpaired) electrons. The second-order valence-corrected chi connectivity index (χ2v) is 11.7. The summed E-state index contributed by atoms with van der Waals surface area (Å²) in [5.74, 6) is 0. The van der Waals surface area contributed by atoms with Crippen molar-refractivity contribution in [3.8, 4) is 0 Å². The molecule has 4 heteroatoms. The van der Waals surface area contributed by atoms with Gasteiger partial charge in [-0.1, -0.05) is 84.9 Å². The fraction of sp³-hybridized carbons (Fsp3) is 0. The van der Waals surface area contributed by atoms with Crippen LogP contribution in [0, 0.1) is 0 Å². The number of rotatable bonds is 4. The molecule has 4 nitrogen and oxygen atoms in total. The average molecular weight is 593 g/mol. The lowest BCUT2D eigenvalue weighted by atomic mass is 10.0. The molecule has 0 saturated carbocycles. The quantitative estimate of drug-likeness (QED) is 0.212. The van der Waals surface area contributed by atoms with E-state index in [9.17, 15) is 0 Å². The molecule has 0 atom stereocenters. The Bertz CT molecular complexity index is 1920. The van der Waals surface area contributed by atoms with Crippen molar-refractivity contribution in [3.63, 3.8) is 0 Å². The Hall–Kier alpha value is -5.94. The van der Waals surface area contributed by atoms with E-state index in [0.29, 0.717) is 0 Å². The summed E-state index contributed by atoms with van der Waals surface area (Å²) < 4.78 is 0. The zero-order chi connectivity index (χ0) is 30.5. The van der Waals surface area contributed by atoms with Crippen molar-refractivity contribution < 1.29 is 9.80 Å². The normalized spacial score (nSPS) is 13.8. The van der Waals surface area contributed by atoms with Crippen LogP contribution in [0.2, 0.25) is 0 Å². The molecule has 0 saturated heterocycles. The topological polar surface area (TPSA) is 15.4 Å². The van der Waals surface area contributed by atoms with Crippen LogP contribution in [0.1, 0.15) is 0 Å². The minimum Gasteiger partial charge on any atom is -0.300 e. The van der Waals surface area contributed by atoms with Gasteiger partial charge >= 0.3 is 0 Å². The van der Waals surface area contributed by atoms with Gasteiger partial charge in [-0.2, -0.15) is 0 Å². The second-order valence-electron chi connectivity index (χ2n) is 11.7. The summed E-state index contributed by atoms with van der Waals surface area (Å²) in [5, 5.41) is 0. The molecule has 0 bridgehead atoms. The van der Waals surface area contributed by atoms with E-state index in [1.807, 2.05) is 0 Å². The van der Waals surface area contributed by atoms with Crippen LogP contribution < -0.4 is 19.6 Å². The predicted molar refractivity (Wildman–Crippen MR) is 189 cm³/mol. The first kappa shape index (κ1) is 26.5. The zero-order valence-electron chi connectivity index (χ0n) is 25.2. The van der Waals surface area contributed by atoms with Crippen LogP contribution >= 0.6 is 0 Å². The predicted octanol–water partition coefficient (Wildman–Crippen LogP) is 9.61. The molecule has 0 aromatic heterocycles. The van der Waals surface area contributed by atoms with Gasteiger partial charge in [-0.3, -0.25) is 9.80 Å². The van der Waals surface area contributed by atoms with Crippen LogP contribution in [0.3, 0.4) is 0 Å². The Kier molecular flexibility index (Phi) is 6.27. The first-order chi connectivity index (χ1) is 22.9. The van der Waals surface area contributed by atoms with Gasteiger partial charge in [-0.05, 0) is 48.5 Å². The van der Waals surface area contributed by atoms with Crippen LogP contribution in [-0.2, 0) is 0 Å². The smallest absolute Gasteiger partial charge is 0.165 e. The van der Waals surface area contributed by atoms with Crippen LogP contribution in [0.15, 0.2) is 182 Å². The first-order valence-corrected chi connectivity index (χ1v) is 15.8. The van der Waals surface area contributed by atoms with Crippen LogP contribution in [0.4, 0.5) is 68.2 Å². The molecule has 2 aliphatic heterocycles. The number of hydrogen-bond acceptors (Lipinski definition) is 2. The maximum atomic E-state index is 2.38. The van der Waals surface area contributed by atoms with E-state index in [0.717, 1.165) is 11.4 Å². The summed E-state index contributed by atoms with van der Waals surface area (Å²) in [5.41, 5.74) is 14.4. The molecular weight excluding hydrogens is 560 g/mol. The maximum absolute atomic E-state index is 2.38. The second kappa shape index (κ2) is 10.9. The monoisotopic (exact) mass is 592 g/mol. The van der Waals surface area contributed by atoms with Gasteiger partial charge in [-0.15, -0.1) is 0 Å². The molecule has 7 aromatic rings. The molecule has 0 unspecified atom stereocenters. The lowest BCUT2D eigenvalue weighted by Crippen LogP contribution is -2.98. The lowest BCUT2D eigenvalue weighted by Gasteiger charge is -2.36. The van der Waals surface area contributed by atoms with Crippen molar-refractivity contribution in [2.45, 2.75) is 0 Å². The van der Waals surface area contributed by atoms with Gasteiger partial charge in [0.15, 0.2) is 22.7 Å². The number of quaternary nitrogens is 2. The third-order valence-corrected chi connectivity index (χ3v) is 9.15. The summed E-state index contributed by atoms with van der Waals surface area (Å²) >= 11 is 0. The van der Waals surface area contributed by atoms with Crippen LogP contribution in [-0.4, -0.2) is 0 Å². The summed E-state index contributed by atoms with van der Waals surface area (Å²) in [6.45, 7) is 0. The lowest BCUT2D eigenvalue weighted by molar-refractivity contribution is -0.684. The van der Waals surface area contributed by atoms with Gasteiger partial charge in [0, 0.05) is 59.9 Å². The Balaban J connectivity index is 1.16. The molecule has 0 fully saturated rings. The molecular formula is C42H32N4+2. The van der Waals surface area contributed by atoms with Gasteiger partial charge in [0.25, 0.3) is 0 Å². The molecule has 0 amide bonds. The SMILES string of the molecule is c1ccc(N2c3ccccc3[NH+](c3ccc([NH+]4c5ccccc5N(c5ccccc5)c5ccccc54)cc3)c3ccccc32)cc1. The summed E-state index contributed by atoms with van der Waals surface area (Å²) in [4.78, 5) is 7.28. The Labute approximate surface area is 269 Å². The van der Waals surface area contributed by atoms with Gasteiger partial charge in [0.05, 0.1) is 0 Å². The van der Waals surface area contributed by atoms with Crippen molar-refractivity contribution in [2.24, 2.45) is 0 Å². The summed E-state index contributed by atoms with van der Waals surface area (Å²) in [7, 11) is 0. The van der Waals surface area contributed by atoms with Crippen LogP contribution in [0.5, 0.6) is 0 Å². The van der Waals surface area contributed by atoms with E-state index in [1.165, 1.54) is 66.7 Å². The standard InChI is InChI=1S/C42H30N4/c1-3-15-31(16-4-1)43-35-19-7-11-23-39(35)45(40-24-12-8-20-36(40)43)33-27-29-34(30-28-33)46-41-25-13-9-21-37(41)44(32-17-5-2-6-18-32)38-22-10-14-26-42(38)46/h1-30H/p+2.